The summed E-state index contributed by atoms with van der Waals surface area (Å²) in [6.45, 7) is 4.83. The Hall–Kier alpha value is -1.59. The number of halogens is 1. The van der Waals surface area contributed by atoms with E-state index in [1.165, 1.54) is 12.8 Å². The quantitative estimate of drug-likeness (QED) is 0.829. The van der Waals surface area contributed by atoms with Crippen molar-refractivity contribution in [3.05, 3.63) is 29.3 Å². The number of hydrogen-bond donors (Lipinski definition) is 2. The van der Waals surface area contributed by atoms with Crippen LogP contribution in [-0.4, -0.2) is 37.5 Å². The van der Waals surface area contributed by atoms with Crippen LogP contribution in [0.25, 0.3) is 0 Å². The van der Waals surface area contributed by atoms with Gasteiger partial charge in [0.15, 0.2) is 0 Å². The summed E-state index contributed by atoms with van der Waals surface area (Å²) >= 11 is 6.24. The van der Waals surface area contributed by atoms with Gasteiger partial charge in [-0.25, -0.2) is 0 Å². The number of para-hydroxylation sites is 1. The second-order valence-electron chi connectivity index (χ2n) is 7.49. The minimum atomic E-state index is -0.454. The minimum absolute atomic E-state index is 0.0255. The van der Waals surface area contributed by atoms with E-state index in [-0.39, 0.29) is 11.8 Å². The fraction of sp³-hybridized carbons (Fsp3) is 0.600. The normalized spacial score (nSPS) is 25.0. The molecule has 2 saturated heterocycles. The van der Waals surface area contributed by atoms with Gasteiger partial charge in [-0.3, -0.25) is 9.59 Å². The summed E-state index contributed by atoms with van der Waals surface area (Å²) in [5.41, 5.74) is 0.722. The van der Waals surface area contributed by atoms with Gasteiger partial charge >= 0.3 is 0 Å². The summed E-state index contributed by atoms with van der Waals surface area (Å²) in [6, 6.07) is 6.90. The number of carbonyl (C=O) groups excluding carboxylic acids is 2. The van der Waals surface area contributed by atoms with Crippen LogP contribution in [0.15, 0.2) is 24.3 Å². The molecule has 0 spiro atoms. The Balaban J connectivity index is 1.57. The number of nitrogens with zero attached hydrogens (tertiary/aromatic N) is 1. The Morgan fingerprint density at radius 2 is 2.15 bits per heavy atom. The van der Waals surface area contributed by atoms with Gasteiger partial charge in [-0.2, -0.15) is 0 Å². The molecule has 26 heavy (non-hydrogen) atoms. The van der Waals surface area contributed by atoms with Gasteiger partial charge in [0.1, 0.15) is 6.04 Å². The molecule has 0 radical (unpaired) electrons. The van der Waals surface area contributed by atoms with Crippen molar-refractivity contribution in [1.82, 2.24) is 10.6 Å². The lowest BCUT2D eigenvalue weighted by Gasteiger charge is -2.33. The molecule has 1 aromatic carbocycles. The molecule has 3 atom stereocenters. The lowest BCUT2D eigenvalue weighted by atomic mass is 9.85. The Morgan fingerprint density at radius 1 is 1.35 bits per heavy atom. The van der Waals surface area contributed by atoms with Gasteiger partial charge in [0.05, 0.1) is 10.7 Å². The van der Waals surface area contributed by atoms with Crippen molar-refractivity contribution in [1.29, 1.82) is 0 Å². The van der Waals surface area contributed by atoms with E-state index in [0.717, 1.165) is 25.2 Å². The maximum Gasteiger partial charge on any atom is 0.249 e. The van der Waals surface area contributed by atoms with Crippen LogP contribution >= 0.6 is 11.6 Å². The van der Waals surface area contributed by atoms with E-state index in [1.54, 1.807) is 11.0 Å². The molecule has 0 aromatic heterocycles. The largest absolute Gasteiger partial charge is 0.344 e. The second kappa shape index (κ2) is 8.87. The molecule has 2 N–H and O–H groups in total. The van der Waals surface area contributed by atoms with Crippen LogP contribution in [0.2, 0.25) is 5.02 Å². The topological polar surface area (TPSA) is 61.4 Å². The minimum Gasteiger partial charge on any atom is -0.344 e. The number of amides is 2. The zero-order valence-corrected chi connectivity index (χ0v) is 16.1. The molecular formula is C20H28ClN3O2. The van der Waals surface area contributed by atoms with Crippen LogP contribution in [0.5, 0.6) is 0 Å². The maximum atomic E-state index is 12.8. The molecular weight excluding hydrogens is 350 g/mol. The fourth-order valence-electron chi connectivity index (χ4n) is 4.00. The van der Waals surface area contributed by atoms with Gasteiger partial charge in [0.25, 0.3) is 0 Å². The highest BCUT2D eigenvalue weighted by molar-refractivity contribution is 6.33. The highest BCUT2D eigenvalue weighted by Crippen LogP contribution is 2.29. The average Bonchev–Trinajstić information content (AvgIpc) is 2.65. The summed E-state index contributed by atoms with van der Waals surface area (Å²) in [7, 11) is 0. The van der Waals surface area contributed by atoms with Crippen LogP contribution in [0.1, 0.15) is 39.0 Å². The molecule has 142 valence electrons. The van der Waals surface area contributed by atoms with E-state index in [2.05, 4.69) is 17.6 Å². The predicted octanol–water partition coefficient (Wildman–Crippen LogP) is 2.98. The van der Waals surface area contributed by atoms with Crippen molar-refractivity contribution in [2.75, 3.05) is 24.5 Å². The molecule has 2 fully saturated rings. The summed E-state index contributed by atoms with van der Waals surface area (Å²) in [6.07, 6.45) is 4.35. The Bertz CT molecular complexity index is 646. The van der Waals surface area contributed by atoms with Gasteiger partial charge in [0.2, 0.25) is 11.8 Å². The molecule has 0 aliphatic carbocycles. The molecule has 3 rings (SSSR count). The standard InChI is InChI=1S/C20H28ClN3O2/c1-14(15-6-4-10-22-13-15)12-19(25)23-17-8-5-11-24(20(17)26)18-9-3-2-7-16(18)21/h2-3,7,9,14-15,17,22H,4-6,8,10-13H2,1H3,(H,23,25). The molecule has 1 aromatic rings. The Labute approximate surface area is 160 Å². The van der Waals surface area contributed by atoms with Crippen molar-refractivity contribution >= 4 is 29.1 Å². The third kappa shape index (κ3) is 4.57. The number of nitrogens with one attached hydrogen (secondary N) is 2. The monoisotopic (exact) mass is 377 g/mol. The van der Waals surface area contributed by atoms with Crippen LogP contribution < -0.4 is 15.5 Å². The van der Waals surface area contributed by atoms with E-state index in [9.17, 15) is 9.59 Å². The molecule has 6 heteroatoms. The Kier molecular flexibility index (Phi) is 6.54. The summed E-state index contributed by atoms with van der Waals surface area (Å²) in [5, 5.41) is 6.93. The van der Waals surface area contributed by atoms with Crippen LogP contribution in [0, 0.1) is 11.8 Å². The van der Waals surface area contributed by atoms with Crippen molar-refractivity contribution in [2.24, 2.45) is 11.8 Å². The first-order valence-electron chi connectivity index (χ1n) is 9.62. The SMILES string of the molecule is CC(CC(=O)NC1CCCN(c2ccccc2Cl)C1=O)C1CCCNC1. The fourth-order valence-corrected chi connectivity index (χ4v) is 4.23. The van der Waals surface area contributed by atoms with E-state index in [4.69, 9.17) is 11.6 Å². The Morgan fingerprint density at radius 3 is 2.88 bits per heavy atom. The zero-order chi connectivity index (χ0) is 18.5. The van der Waals surface area contributed by atoms with Crippen molar-refractivity contribution < 1.29 is 9.59 Å². The number of rotatable bonds is 5. The smallest absolute Gasteiger partial charge is 0.249 e. The lowest BCUT2D eigenvalue weighted by Crippen LogP contribution is -2.52. The molecule has 2 heterocycles. The predicted molar refractivity (Wildman–Crippen MR) is 104 cm³/mol. The maximum absolute atomic E-state index is 12.8. The van der Waals surface area contributed by atoms with Crippen LogP contribution in [-0.2, 0) is 9.59 Å². The lowest BCUT2D eigenvalue weighted by molar-refractivity contribution is -0.129. The molecule has 0 saturated carbocycles. The molecule has 2 aliphatic rings. The van der Waals surface area contributed by atoms with Gasteiger partial charge in [-0.05, 0) is 62.7 Å². The first kappa shape index (κ1) is 19.2. The summed E-state index contributed by atoms with van der Waals surface area (Å²) in [5.74, 6) is 0.768. The van der Waals surface area contributed by atoms with Crippen molar-refractivity contribution in [3.8, 4) is 0 Å². The van der Waals surface area contributed by atoms with Gasteiger partial charge in [-0.1, -0.05) is 30.7 Å². The van der Waals surface area contributed by atoms with Gasteiger partial charge < -0.3 is 15.5 Å². The zero-order valence-electron chi connectivity index (χ0n) is 15.3. The molecule has 5 nitrogen and oxygen atoms in total. The van der Waals surface area contributed by atoms with E-state index < -0.39 is 6.04 Å². The van der Waals surface area contributed by atoms with E-state index in [0.29, 0.717) is 36.2 Å². The summed E-state index contributed by atoms with van der Waals surface area (Å²) in [4.78, 5) is 27.0. The number of piperidine rings is 2. The molecule has 2 amide bonds. The third-order valence-corrected chi connectivity index (χ3v) is 5.88. The highest BCUT2D eigenvalue weighted by atomic mass is 35.5. The van der Waals surface area contributed by atoms with E-state index >= 15 is 0 Å². The van der Waals surface area contributed by atoms with Gasteiger partial charge in [-0.15, -0.1) is 0 Å². The third-order valence-electron chi connectivity index (χ3n) is 5.56. The molecule has 0 bridgehead atoms. The number of benzene rings is 1. The van der Waals surface area contributed by atoms with Gasteiger partial charge in [0, 0.05) is 13.0 Å². The second-order valence-corrected chi connectivity index (χ2v) is 7.90. The first-order chi connectivity index (χ1) is 12.6. The summed E-state index contributed by atoms with van der Waals surface area (Å²) < 4.78 is 0. The number of carbonyl (C=O) groups is 2. The first-order valence-corrected chi connectivity index (χ1v) is 10.00. The molecule has 3 unspecified atom stereocenters. The number of anilines is 1. The van der Waals surface area contributed by atoms with Crippen molar-refractivity contribution in [2.45, 2.75) is 45.1 Å². The van der Waals surface area contributed by atoms with Crippen molar-refractivity contribution in [3.63, 3.8) is 0 Å². The van der Waals surface area contributed by atoms with Crippen LogP contribution in [0.3, 0.4) is 0 Å². The highest BCUT2D eigenvalue weighted by Gasteiger charge is 2.32. The average molecular weight is 378 g/mol. The van der Waals surface area contributed by atoms with E-state index in [1.807, 2.05) is 18.2 Å². The molecule has 2 aliphatic heterocycles. The number of hydrogen-bond acceptors (Lipinski definition) is 3. The van der Waals surface area contributed by atoms with Crippen LogP contribution in [0.4, 0.5) is 5.69 Å².